The van der Waals surface area contributed by atoms with E-state index in [1.54, 1.807) is 11.8 Å². The van der Waals surface area contributed by atoms with Gasteiger partial charge >= 0.3 is 0 Å². The first kappa shape index (κ1) is 8.32. The Balaban J connectivity index is 2.59. The zero-order valence-corrected chi connectivity index (χ0v) is 8.74. The molecular formula is C9H7BrOS. The normalized spacial score (nSPS) is 15.9. The SMILES string of the molecule is O=C1CCSc2c(Br)cccc21. The molecule has 0 aromatic heterocycles. The van der Waals surface area contributed by atoms with Crippen LogP contribution in [0, 0.1) is 0 Å². The largest absolute Gasteiger partial charge is 0.294 e. The number of hydrogen-bond acceptors (Lipinski definition) is 2. The second-order valence-corrected chi connectivity index (χ2v) is 4.60. The van der Waals surface area contributed by atoms with Gasteiger partial charge in [0, 0.05) is 27.1 Å². The van der Waals surface area contributed by atoms with Gasteiger partial charge in [-0.1, -0.05) is 12.1 Å². The molecule has 1 heterocycles. The summed E-state index contributed by atoms with van der Waals surface area (Å²) in [6, 6.07) is 5.78. The molecule has 0 fully saturated rings. The highest BCUT2D eigenvalue weighted by molar-refractivity contribution is 9.10. The lowest BCUT2D eigenvalue weighted by atomic mass is 10.1. The Bertz CT molecular complexity index is 335. The molecule has 1 nitrogen and oxygen atoms in total. The molecule has 62 valence electrons. The fourth-order valence-corrected chi connectivity index (χ4v) is 3.00. The first-order valence-electron chi connectivity index (χ1n) is 3.73. The summed E-state index contributed by atoms with van der Waals surface area (Å²) in [5.41, 5.74) is 0.876. The van der Waals surface area contributed by atoms with Crippen LogP contribution >= 0.6 is 27.7 Å². The minimum atomic E-state index is 0.269. The summed E-state index contributed by atoms with van der Waals surface area (Å²) in [7, 11) is 0. The molecule has 3 heteroatoms. The molecule has 0 unspecified atom stereocenters. The molecule has 0 saturated carbocycles. The number of ketones is 1. The predicted molar refractivity (Wildman–Crippen MR) is 53.8 cm³/mol. The van der Waals surface area contributed by atoms with Gasteiger partial charge in [0.05, 0.1) is 0 Å². The van der Waals surface area contributed by atoms with E-state index in [2.05, 4.69) is 15.9 Å². The molecule has 0 spiro atoms. The highest BCUT2D eigenvalue weighted by Gasteiger charge is 2.18. The Labute approximate surface area is 83.7 Å². The molecule has 12 heavy (non-hydrogen) atoms. The average molecular weight is 243 g/mol. The molecule has 1 aromatic rings. The molecule has 0 N–H and O–H groups in total. The number of Topliss-reactive ketones (excluding diaryl/α,β-unsaturated/α-hetero) is 1. The van der Waals surface area contributed by atoms with Crippen LogP contribution in [0.15, 0.2) is 27.6 Å². The summed E-state index contributed by atoms with van der Waals surface area (Å²) in [4.78, 5) is 12.5. The van der Waals surface area contributed by atoms with E-state index in [9.17, 15) is 4.79 Å². The Morgan fingerprint density at radius 1 is 1.42 bits per heavy atom. The Morgan fingerprint density at radius 3 is 3.00 bits per heavy atom. The third-order valence-corrected chi connectivity index (χ3v) is 3.90. The molecule has 2 rings (SSSR count). The lowest BCUT2D eigenvalue weighted by Crippen LogP contribution is -2.07. The van der Waals surface area contributed by atoms with Gasteiger partial charge in [-0.05, 0) is 22.0 Å². The van der Waals surface area contributed by atoms with Crippen LogP contribution in [-0.2, 0) is 0 Å². The fraction of sp³-hybridized carbons (Fsp3) is 0.222. The van der Waals surface area contributed by atoms with Crippen molar-refractivity contribution in [1.29, 1.82) is 0 Å². The third-order valence-electron chi connectivity index (χ3n) is 1.84. The molecule has 1 aliphatic rings. The molecule has 0 amide bonds. The quantitative estimate of drug-likeness (QED) is 0.696. The van der Waals surface area contributed by atoms with Crippen molar-refractivity contribution in [2.24, 2.45) is 0 Å². The zero-order valence-electron chi connectivity index (χ0n) is 6.34. The van der Waals surface area contributed by atoms with E-state index in [1.165, 1.54) is 0 Å². The maximum atomic E-state index is 11.4. The van der Waals surface area contributed by atoms with Gasteiger partial charge in [-0.25, -0.2) is 0 Å². The third kappa shape index (κ3) is 1.31. The van der Waals surface area contributed by atoms with Crippen molar-refractivity contribution in [3.05, 3.63) is 28.2 Å². The summed E-state index contributed by atoms with van der Waals surface area (Å²) in [6.45, 7) is 0. The maximum absolute atomic E-state index is 11.4. The van der Waals surface area contributed by atoms with E-state index in [1.807, 2.05) is 18.2 Å². The molecule has 1 aromatic carbocycles. The number of thioether (sulfide) groups is 1. The van der Waals surface area contributed by atoms with Gasteiger partial charge < -0.3 is 0 Å². The lowest BCUT2D eigenvalue weighted by Gasteiger charge is -2.14. The molecule has 0 saturated heterocycles. The maximum Gasteiger partial charge on any atom is 0.164 e. The van der Waals surface area contributed by atoms with Crippen LogP contribution < -0.4 is 0 Å². The first-order valence-corrected chi connectivity index (χ1v) is 5.51. The van der Waals surface area contributed by atoms with E-state index in [4.69, 9.17) is 0 Å². The summed E-state index contributed by atoms with van der Waals surface area (Å²) < 4.78 is 1.04. The highest BCUT2D eigenvalue weighted by atomic mass is 79.9. The number of hydrogen-bond donors (Lipinski definition) is 0. The molecule has 0 bridgehead atoms. The highest BCUT2D eigenvalue weighted by Crippen LogP contribution is 2.35. The number of carbonyl (C=O) groups excluding carboxylic acids is 1. The second kappa shape index (κ2) is 3.23. The van der Waals surface area contributed by atoms with E-state index >= 15 is 0 Å². The average Bonchev–Trinajstić information content (AvgIpc) is 2.07. The minimum Gasteiger partial charge on any atom is -0.294 e. The topological polar surface area (TPSA) is 17.1 Å². The van der Waals surface area contributed by atoms with Crippen molar-refractivity contribution in [2.75, 3.05) is 5.75 Å². The van der Waals surface area contributed by atoms with E-state index in [-0.39, 0.29) is 5.78 Å². The number of carbonyl (C=O) groups is 1. The van der Waals surface area contributed by atoms with E-state index < -0.39 is 0 Å². The molecular weight excluding hydrogens is 236 g/mol. The Hall–Kier alpha value is -0.280. The van der Waals surface area contributed by atoms with Crippen molar-refractivity contribution in [2.45, 2.75) is 11.3 Å². The second-order valence-electron chi connectivity index (χ2n) is 2.64. The van der Waals surface area contributed by atoms with Crippen molar-refractivity contribution in [3.63, 3.8) is 0 Å². The lowest BCUT2D eigenvalue weighted by molar-refractivity contribution is 0.0984. The predicted octanol–water partition coefficient (Wildman–Crippen LogP) is 3.13. The summed E-state index contributed by atoms with van der Waals surface area (Å²) in [5, 5.41) is 0. The van der Waals surface area contributed by atoms with Gasteiger partial charge in [-0.3, -0.25) is 4.79 Å². The number of fused-ring (bicyclic) bond motifs is 1. The van der Waals surface area contributed by atoms with Crippen LogP contribution in [0.4, 0.5) is 0 Å². The molecule has 1 aliphatic heterocycles. The van der Waals surface area contributed by atoms with Gasteiger partial charge in [0.25, 0.3) is 0 Å². The Morgan fingerprint density at radius 2 is 2.25 bits per heavy atom. The number of halogens is 1. The number of benzene rings is 1. The van der Waals surface area contributed by atoms with Crippen molar-refractivity contribution < 1.29 is 4.79 Å². The summed E-state index contributed by atoms with van der Waals surface area (Å²) in [5.74, 6) is 1.18. The van der Waals surface area contributed by atoms with E-state index in [0.717, 1.165) is 20.7 Å². The smallest absolute Gasteiger partial charge is 0.164 e. The van der Waals surface area contributed by atoms with E-state index in [0.29, 0.717) is 6.42 Å². The zero-order chi connectivity index (χ0) is 8.55. The molecule has 0 aliphatic carbocycles. The van der Waals surface area contributed by atoms with Gasteiger partial charge in [0.15, 0.2) is 5.78 Å². The standard InChI is InChI=1S/C9H7BrOS/c10-7-3-1-2-6-8(11)4-5-12-9(6)7/h1-3H,4-5H2. The van der Waals surface area contributed by atoms with Crippen LogP contribution in [0.25, 0.3) is 0 Å². The van der Waals surface area contributed by atoms with Crippen LogP contribution in [0.5, 0.6) is 0 Å². The van der Waals surface area contributed by atoms with Gasteiger partial charge in [-0.2, -0.15) is 0 Å². The fourth-order valence-electron chi connectivity index (χ4n) is 1.26. The van der Waals surface area contributed by atoms with Gasteiger partial charge in [0.2, 0.25) is 0 Å². The monoisotopic (exact) mass is 242 g/mol. The molecule has 0 atom stereocenters. The number of rotatable bonds is 0. The summed E-state index contributed by atoms with van der Waals surface area (Å²) in [6.07, 6.45) is 0.675. The van der Waals surface area contributed by atoms with Crippen LogP contribution in [-0.4, -0.2) is 11.5 Å². The van der Waals surface area contributed by atoms with Gasteiger partial charge in [-0.15, -0.1) is 11.8 Å². The van der Waals surface area contributed by atoms with Crippen LogP contribution in [0.3, 0.4) is 0 Å². The van der Waals surface area contributed by atoms with Crippen molar-refractivity contribution >= 4 is 33.5 Å². The van der Waals surface area contributed by atoms with Crippen LogP contribution in [0.2, 0.25) is 0 Å². The minimum absolute atomic E-state index is 0.269. The van der Waals surface area contributed by atoms with Crippen molar-refractivity contribution in [3.8, 4) is 0 Å². The van der Waals surface area contributed by atoms with Crippen LogP contribution in [0.1, 0.15) is 16.8 Å². The summed E-state index contributed by atoms with van der Waals surface area (Å²) >= 11 is 5.19. The Kier molecular flexibility index (Phi) is 2.24. The van der Waals surface area contributed by atoms with Crippen molar-refractivity contribution in [1.82, 2.24) is 0 Å². The first-order chi connectivity index (χ1) is 5.79. The van der Waals surface area contributed by atoms with Gasteiger partial charge in [0.1, 0.15) is 0 Å². The molecule has 0 radical (unpaired) electrons.